The number of phosphoric acid groups is 1. The maximum Gasteiger partial charge on any atom is 0.267 e. The first kappa shape index (κ1) is 32.7. The van der Waals surface area contributed by atoms with Gasteiger partial charge in [-0.3, -0.25) is 4.57 Å². The third-order valence-electron chi connectivity index (χ3n) is 5.52. The smallest absolute Gasteiger partial charge is 0.267 e. The average molecular weight is 470 g/mol. The number of hydrogen-bond donors (Lipinski definition) is 1. The average Bonchev–Trinajstić information content (AvgIpc) is 2.73. The normalized spacial score (nSPS) is 12.4. The van der Waals surface area contributed by atoms with Gasteiger partial charge in [-0.15, -0.1) is 0 Å². The van der Waals surface area contributed by atoms with Crippen LogP contribution in [0.2, 0.25) is 0 Å². The molecule has 0 rings (SSSR count). The molecule has 0 aliphatic carbocycles. The fourth-order valence-electron chi connectivity index (χ4n) is 3.47. The molecule has 2 N–H and O–H groups in total. The van der Waals surface area contributed by atoms with Gasteiger partial charge in [-0.2, -0.15) is 0 Å². The van der Waals surface area contributed by atoms with Crippen LogP contribution in [0.15, 0.2) is 0 Å². The van der Waals surface area contributed by atoms with Crippen LogP contribution in [0.4, 0.5) is 0 Å². The number of hydrogen-bond acceptors (Lipinski definition) is 5. The second-order valence-corrected chi connectivity index (χ2v) is 10.9. The molecule has 184 valence electrons. The van der Waals surface area contributed by atoms with E-state index in [4.69, 9.17) is 5.50 Å². The summed E-state index contributed by atoms with van der Waals surface area (Å²) in [5.74, 6) is 0. The fraction of sp³-hybridized carbons (Fsp3) is 1.00. The van der Waals surface area contributed by atoms with Crippen molar-refractivity contribution in [1.29, 1.82) is 0 Å². The minimum absolute atomic E-state index is 0.206. The molecular weight excluding hydrogens is 416 g/mol. The zero-order chi connectivity index (χ0) is 23.1. The Morgan fingerprint density at radius 3 is 1.40 bits per heavy atom. The van der Waals surface area contributed by atoms with Gasteiger partial charge in [0.2, 0.25) is 0 Å². The summed E-state index contributed by atoms with van der Waals surface area (Å²) in [6.07, 6.45) is 18.6. The van der Waals surface area contributed by atoms with Gasteiger partial charge in [-0.1, -0.05) is 86.0 Å². The van der Waals surface area contributed by atoms with E-state index in [2.05, 4.69) is 29.8 Å². The summed E-state index contributed by atoms with van der Waals surface area (Å²) in [5.41, 5.74) is 6.45. The molecule has 0 heterocycles. The second kappa shape index (κ2) is 22.7. The molecular formula is C23H53NO4P2. The lowest BCUT2D eigenvalue weighted by Gasteiger charge is -2.33. The molecule has 0 aromatic carbocycles. The number of phosphoric ester groups is 1. The predicted molar refractivity (Wildman–Crippen MR) is 134 cm³/mol. The molecule has 0 aromatic heterocycles. The van der Waals surface area contributed by atoms with E-state index in [9.17, 15) is 9.46 Å². The standard InChI is InChI=1S/C15H34NP.C8H19O4P/c1-4-7-10-15(11-8-5-2,12-9-6-3)13-14-17-16;1-3-5-7-11-13(9,10)12-8-6-4-2/h17H,4-14,16H2,1-3H3;3-8H2,1-2H3,(H,9,10). The largest absolute Gasteiger partial charge is 0.756 e. The topological polar surface area (TPSA) is 84.6 Å². The van der Waals surface area contributed by atoms with Crippen LogP contribution >= 0.6 is 16.6 Å². The highest BCUT2D eigenvalue weighted by Gasteiger charge is 2.28. The number of nitrogens with two attached hydrogens (primary N) is 1. The molecule has 0 bridgehead atoms. The van der Waals surface area contributed by atoms with Gasteiger partial charge >= 0.3 is 0 Å². The summed E-state index contributed by atoms with van der Waals surface area (Å²) < 4.78 is 20.2. The molecule has 0 saturated carbocycles. The lowest BCUT2D eigenvalue weighted by Crippen LogP contribution is -2.22. The summed E-state index contributed by atoms with van der Waals surface area (Å²) in [7, 11) is -3.80. The summed E-state index contributed by atoms with van der Waals surface area (Å²) in [6, 6.07) is 0. The molecule has 1 unspecified atom stereocenters. The fourth-order valence-corrected chi connectivity index (χ4v) is 5.03. The molecule has 30 heavy (non-hydrogen) atoms. The molecule has 0 radical (unpaired) electrons. The van der Waals surface area contributed by atoms with Gasteiger partial charge in [0.25, 0.3) is 7.82 Å². The maximum atomic E-state index is 11.0. The third-order valence-corrected chi connectivity index (χ3v) is 7.14. The van der Waals surface area contributed by atoms with E-state index in [-0.39, 0.29) is 21.9 Å². The summed E-state index contributed by atoms with van der Waals surface area (Å²) in [5, 5.41) is 0. The van der Waals surface area contributed by atoms with Crippen molar-refractivity contribution in [2.75, 3.05) is 19.4 Å². The van der Waals surface area contributed by atoms with Crippen molar-refractivity contribution < 1.29 is 18.5 Å². The molecule has 0 aliphatic heterocycles. The molecule has 7 heteroatoms. The zero-order valence-corrected chi connectivity index (χ0v) is 22.8. The first-order valence-corrected chi connectivity index (χ1v) is 15.4. The Morgan fingerprint density at radius 2 is 1.10 bits per heavy atom. The van der Waals surface area contributed by atoms with E-state index in [1.54, 1.807) is 0 Å². The van der Waals surface area contributed by atoms with E-state index < -0.39 is 7.82 Å². The lowest BCUT2D eigenvalue weighted by atomic mass is 9.72. The van der Waals surface area contributed by atoms with Crippen LogP contribution in [0.1, 0.15) is 125 Å². The molecule has 0 saturated heterocycles. The molecule has 1 atom stereocenters. The Morgan fingerprint density at radius 1 is 0.733 bits per heavy atom. The third kappa shape index (κ3) is 20.4. The Hall–Kier alpha value is 0.500. The van der Waals surface area contributed by atoms with E-state index >= 15 is 0 Å². The van der Waals surface area contributed by atoms with Crippen molar-refractivity contribution >= 4 is 16.6 Å². The first-order valence-electron chi connectivity index (χ1n) is 12.5. The summed E-state index contributed by atoms with van der Waals surface area (Å²) >= 11 is 0. The van der Waals surface area contributed by atoms with Crippen molar-refractivity contribution in [3.8, 4) is 0 Å². The van der Waals surface area contributed by atoms with Crippen molar-refractivity contribution in [3.63, 3.8) is 0 Å². The molecule has 0 aliphatic rings. The summed E-state index contributed by atoms with van der Waals surface area (Å²) in [4.78, 5) is 11.0. The van der Waals surface area contributed by atoms with E-state index in [1.807, 2.05) is 13.8 Å². The van der Waals surface area contributed by atoms with Gasteiger partial charge in [0.15, 0.2) is 0 Å². The monoisotopic (exact) mass is 469 g/mol. The SMILES string of the molecule is CCCCC(CCCC)(CCCC)CC[PH2+]N.CCCCOP(=O)([O-])OCCCC. The van der Waals surface area contributed by atoms with Crippen LogP contribution in [0, 0.1) is 5.41 Å². The lowest BCUT2D eigenvalue weighted by molar-refractivity contribution is -0.225. The van der Waals surface area contributed by atoms with Gasteiger partial charge in [-0.05, 0) is 43.9 Å². The van der Waals surface area contributed by atoms with Gasteiger partial charge in [0.1, 0.15) is 0 Å². The van der Waals surface area contributed by atoms with E-state index in [1.165, 1.54) is 70.4 Å². The van der Waals surface area contributed by atoms with Gasteiger partial charge in [-0.25, -0.2) is 5.50 Å². The second-order valence-electron chi connectivity index (χ2n) is 8.41. The Bertz CT molecular complexity index is 346. The molecule has 0 aromatic rings. The van der Waals surface area contributed by atoms with E-state index in [0.717, 1.165) is 25.7 Å². The summed E-state index contributed by atoms with van der Waals surface area (Å²) in [6.45, 7) is 11.3. The van der Waals surface area contributed by atoms with Crippen molar-refractivity contribution in [1.82, 2.24) is 0 Å². The van der Waals surface area contributed by atoms with Crippen LogP contribution < -0.4 is 10.4 Å². The molecule has 0 spiro atoms. The highest BCUT2D eigenvalue weighted by Crippen LogP contribution is 2.41. The Kier molecular flexibility index (Phi) is 24.7. The first-order chi connectivity index (χ1) is 14.4. The Labute approximate surface area is 190 Å². The minimum atomic E-state index is -4.00. The highest BCUT2D eigenvalue weighted by molar-refractivity contribution is 7.45. The van der Waals surface area contributed by atoms with Crippen molar-refractivity contribution in [3.05, 3.63) is 0 Å². The highest BCUT2D eigenvalue weighted by atomic mass is 31.2. The minimum Gasteiger partial charge on any atom is -0.756 e. The zero-order valence-electron chi connectivity index (χ0n) is 20.8. The number of unbranched alkanes of at least 4 members (excludes halogenated alkanes) is 5. The van der Waals surface area contributed by atoms with Crippen LogP contribution in [0.25, 0.3) is 0 Å². The maximum absolute atomic E-state index is 11.0. The van der Waals surface area contributed by atoms with E-state index in [0.29, 0.717) is 5.41 Å². The molecule has 0 fully saturated rings. The van der Waals surface area contributed by atoms with Gasteiger partial charge in [0.05, 0.1) is 28.1 Å². The van der Waals surface area contributed by atoms with Crippen molar-refractivity contribution in [2.45, 2.75) is 125 Å². The quantitative estimate of drug-likeness (QED) is 0.149. The van der Waals surface area contributed by atoms with Crippen LogP contribution in [-0.4, -0.2) is 19.4 Å². The van der Waals surface area contributed by atoms with Gasteiger partial charge < -0.3 is 13.9 Å². The Balaban J connectivity index is 0. The van der Waals surface area contributed by atoms with Crippen molar-refractivity contribution in [2.24, 2.45) is 10.9 Å². The van der Waals surface area contributed by atoms with Crippen LogP contribution in [0.3, 0.4) is 0 Å². The predicted octanol–water partition coefficient (Wildman–Crippen LogP) is 7.31. The number of rotatable bonds is 20. The van der Waals surface area contributed by atoms with Crippen LogP contribution in [-0.2, 0) is 13.6 Å². The molecule has 0 amide bonds. The van der Waals surface area contributed by atoms with Crippen LogP contribution in [0.5, 0.6) is 0 Å². The van der Waals surface area contributed by atoms with Gasteiger partial charge in [0, 0.05) is 0 Å². The molecule has 5 nitrogen and oxygen atoms in total.